The summed E-state index contributed by atoms with van der Waals surface area (Å²) in [5.74, 6) is 0.619. The Morgan fingerprint density at radius 1 is 1.27 bits per heavy atom. The van der Waals surface area contributed by atoms with Crippen LogP contribution in [0.2, 0.25) is 0 Å². The standard InChI is InChI=1S/C21H27N5O2S2/c1-14-9-15(2)19(16(3)10-14)26(17(4)27)20-23-18(11-29-20)12-30-21-24-22-13-25(21)7-6-8-28-5/h9-11,13H,6-8,12H2,1-5H3. The summed E-state index contributed by atoms with van der Waals surface area (Å²) in [6.07, 6.45) is 2.65. The zero-order valence-electron chi connectivity index (χ0n) is 18.0. The minimum Gasteiger partial charge on any atom is -0.385 e. The van der Waals surface area contributed by atoms with E-state index in [2.05, 4.69) is 29.3 Å². The number of rotatable bonds is 9. The summed E-state index contributed by atoms with van der Waals surface area (Å²) in [6.45, 7) is 9.23. The van der Waals surface area contributed by atoms with Crippen LogP contribution in [0.15, 0.2) is 29.0 Å². The highest BCUT2D eigenvalue weighted by atomic mass is 32.2. The lowest BCUT2D eigenvalue weighted by atomic mass is 10.0. The fourth-order valence-electron chi connectivity index (χ4n) is 3.41. The maximum atomic E-state index is 12.5. The quantitative estimate of drug-likeness (QED) is 0.352. The molecule has 0 atom stereocenters. The van der Waals surface area contributed by atoms with Gasteiger partial charge in [0.2, 0.25) is 5.91 Å². The zero-order valence-corrected chi connectivity index (χ0v) is 19.6. The van der Waals surface area contributed by atoms with Crippen LogP contribution in [0, 0.1) is 20.8 Å². The average Bonchev–Trinajstić information content (AvgIpc) is 3.32. The van der Waals surface area contributed by atoms with Gasteiger partial charge >= 0.3 is 0 Å². The molecule has 0 aliphatic heterocycles. The lowest BCUT2D eigenvalue weighted by Gasteiger charge is -2.23. The van der Waals surface area contributed by atoms with Crippen molar-refractivity contribution in [2.24, 2.45) is 0 Å². The van der Waals surface area contributed by atoms with E-state index in [-0.39, 0.29) is 5.91 Å². The van der Waals surface area contributed by atoms with Crippen LogP contribution in [-0.4, -0.2) is 39.4 Å². The molecule has 0 saturated carbocycles. The summed E-state index contributed by atoms with van der Waals surface area (Å²) in [5, 5.41) is 11.8. The molecule has 0 aliphatic rings. The smallest absolute Gasteiger partial charge is 0.230 e. The summed E-state index contributed by atoms with van der Waals surface area (Å²) < 4.78 is 7.14. The Balaban J connectivity index is 1.75. The number of ether oxygens (including phenoxy) is 1. The van der Waals surface area contributed by atoms with Gasteiger partial charge in [-0.2, -0.15) is 0 Å². The Labute approximate surface area is 185 Å². The van der Waals surface area contributed by atoms with Crippen molar-refractivity contribution < 1.29 is 9.53 Å². The van der Waals surface area contributed by atoms with Crippen LogP contribution in [0.3, 0.4) is 0 Å². The lowest BCUT2D eigenvalue weighted by Crippen LogP contribution is -2.24. The van der Waals surface area contributed by atoms with Crippen LogP contribution in [0.4, 0.5) is 10.8 Å². The molecule has 0 radical (unpaired) electrons. The molecule has 2 aromatic heterocycles. The van der Waals surface area contributed by atoms with Crippen LogP contribution < -0.4 is 4.90 Å². The number of thioether (sulfide) groups is 1. The average molecular weight is 446 g/mol. The third kappa shape index (κ3) is 5.27. The van der Waals surface area contributed by atoms with Crippen LogP contribution in [-0.2, 0) is 21.8 Å². The molecule has 0 N–H and O–H groups in total. The lowest BCUT2D eigenvalue weighted by molar-refractivity contribution is -0.115. The number of carbonyl (C=O) groups excluding carboxylic acids is 1. The molecular formula is C21H27N5O2S2. The van der Waals surface area contributed by atoms with Crippen molar-refractivity contribution >= 4 is 39.8 Å². The van der Waals surface area contributed by atoms with E-state index in [4.69, 9.17) is 9.72 Å². The van der Waals surface area contributed by atoms with E-state index in [0.29, 0.717) is 17.5 Å². The maximum absolute atomic E-state index is 12.5. The number of hydrogen-bond donors (Lipinski definition) is 0. The maximum Gasteiger partial charge on any atom is 0.230 e. The first-order valence-electron chi connectivity index (χ1n) is 9.73. The van der Waals surface area contributed by atoms with Crippen LogP contribution in [0.25, 0.3) is 0 Å². The number of thiazole rings is 1. The summed E-state index contributed by atoms with van der Waals surface area (Å²) in [7, 11) is 1.70. The molecule has 30 heavy (non-hydrogen) atoms. The van der Waals surface area contributed by atoms with Crippen molar-refractivity contribution in [3.05, 3.63) is 46.2 Å². The number of carbonyl (C=O) groups is 1. The van der Waals surface area contributed by atoms with Gasteiger partial charge in [-0.1, -0.05) is 29.5 Å². The number of methoxy groups -OCH3 is 1. The van der Waals surface area contributed by atoms with Gasteiger partial charge in [-0.05, 0) is 38.3 Å². The molecule has 7 nitrogen and oxygen atoms in total. The topological polar surface area (TPSA) is 73.1 Å². The first-order chi connectivity index (χ1) is 14.4. The van der Waals surface area contributed by atoms with Gasteiger partial charge in [0.25, 0.3) is 0 Å². The Kier molecular flexibility index (Phi) is 7.63. The fraction of sp³-hybridized carbons (Fsp3) is 0.429. The first kappa shape index (κ1) is 22.5. The molecule has 0 saturated heterocycles. The largest absolute Gasteiger partial charge is 0.385 e. The third-order valence-corrected chi connectivity index (χ3v) is 6.47. The van der Waals surface area contributed by atoms with Gasteiger partial charge in [0.05, 0.1) is 11.4 Å². The Hall–Kier alpha value is -2.23. The molecule has 0 aliphatic carbocycles. The Morgan fingerprint density at radius 2 is 2.00 bits per heavy atom. The monoisotopic (exact) mass is 445 g/mol. The normalized spacial score (nSPS) is 11.1. The molecule has 0 bridgehead atoms. The minimum atomic E-state index is -0.0449. The second kappa shape index (κ2) is 10.2. The van der Waals surface area contributed by atoms with Crippen LogP contribution in [0.5, 0.6) is 0 Å². The van der Waals surface area contributed by atoms with E-state index in [0.717, 1.165) is 40.6 Å². The van der Waals surface area contributed by atoms with Gasteiger partial charge in [-0.15, -0.1) is 21.5 Å². The Bertz CT molecular complexity index is 991. The van der Waals surface area contributed by atoms with Gasteiger partial charge in [0.1, 0.15) is 6.33 Å². The summed E-state index contributed by atoms with van der Waals surface area (Å²) >= 11 is 3.07. The van der Waals surface area contributed by atoms with Crippen molar-refractivity contribution in [1.82, 2.24) is 19.7 Å². The van der Waals surface area contributed by atoms with Crippen LogP contribution in [0.1, 0.15) is 35.7 Å². The molecule has 1 aromatic carbocycles. The van der Waals surface area contributed by atoms with Crippen molar-refractivity contribution in [3.8, 4) is 0 Å². The fourth-order valence-corrected chi connectivity index (χ4v) is 5.22. The molecule has 9 heteroatoms. The highest BCUT2D eigenvalue weighted by molar-refractivity contribution is 7.98. The summed E-state index contributed by atoms with van der Waals surface area (Å²) in [5.41, 5.74) is 5.15. The molecule has 0 spiro atoms. The second-order valence-electron chi connectivity index (χ2n) is 7.17. The van der Waals surface area contributed by atoms with Crippen LogP contribution >= 0.6 is 23.1 Å². The summed E-state index contributed by atoms with van der Waals surface area (Å²) in [4.78, 5) is 19.0. The molecule has 160 valence electrons. The van der Waals surface area contributed by atoms with E-state index in [1.807, 2.05) is 23.8 Å². The van der Waals surface area contributed by atoms with E-state index < -0.39 is 0 Å². The second-order valence-corrected chi connectivity index (χ2v) is 8.94. The SMILES string of the molecule is COCCCn1cnnc1SCc1csc(N(C(C)=O)c2c(C)cc(C)cc2C)n1. The molecule has 0 fully saturated rings. The summed E-state index contributed by atoms with van der Waals surface area (Å²) in [6, 6.07) is 4.19. The number of nitrogens with zero attached hydrogens (tertiary/aromatic N) is 5. The van der Waals surface area contributed by atoms with Gasteiger partial charge in [-0.3, -0.25) is 9.69 Å². The number of anilines is 2. The van der Waals surface area contributed by atoms with E-state index in [1.54, 1.807) is 37.0 Å². The zero-order chi connectivity index (χ0) is 21.7. The van der Waals surface area contributed by atoms with Gasteiger partial charge < -0.3 is 9.30 Å². The molecular weight excluding hydrogens is 418 g/mol. The van der Waals surface area contributed by atoms with Crippen molar-refractivity contribution in [1.29, 1.82) is 0 Å². The predicted molar refractivity (Wildman–Crippen MR) is 122 cm³/mol. The van der Waals surface area contributed by atoms with Gasteiger partial charge in [0.15, 0.2) is 10.3 Å². The number of benzene rings is 1. The molecule has 0 unspecified atom stereocenters. The van der Waals surface area contributed by atoms with Crippen molar-refractivity contribution in [2.45, 2.75) is 51.6 Å². The molecule has 2 heterocycles. The molecule has 1 amide bonds. The minimum absolute atomic E-state index is 0.0449. The van der Waals surface area contributed by atoms with E-state index in [9.17, 15) is 4.79 Å². The highest BCUT2D eigenvalue weighted by Crippen LogP contribution is 2.35. The molecule has 3 rings (SSSR count). The number of amides is 1. The van der Waals surface area contributed by atoms with E-state index in [1.165, 1.54) is 16.9 Å². The number of hydrogen-bond acceptors (Lipinski definition) is 7. The third-order valence-electron chi connectivity index (χ3n) is 4.58. The number of aromatic nitrogens is 4. The number of aryl methyl sites for hydroxylation is 4. The predicted octanol–water partition coefficient (Wildman–Crippen LogP) is 4.67. The van der Waals surface area contributed by atoms with E-state index >= 15 is 0 Å². The first-order valence-corrected chi connectivity index (χ1v) is 11.6. The van der Waals surface area contributed by atoms with Gasteiger partial charge in [-0.25, -0.2) is 4.98 Å². The Morgan fingerprint density at radius 3 is 2.67 bits per heavy atom. The van der Waals surface area contributed by atoms with Gasteiger partial charge in [0, 0.05) is 38.3 Å². The van der Waals surface area contributed by atoms with Crippen molar-refractivity contribution in [2.75, 3.05) is 18.6 Å². The molecule has 3 aromatic rings. The highest BCUT2D eigenvalue weighted by Gasteiger charge is 2.22. The van der Waals surface area contributed by atoms with Crippen molar-refractivity contribution in [3.63, 3.8) is 0 Å².